The molecule has 1 aromatic carbocycles. The summed E-state index contributed by atoms with van der Waals surface area (Å²) in [6, 6.07) is 6.37. The second-order valence-corrected chi connectivity index (χ2v) is 5.58. The Hall–Kier alpha value is -1.49. The molecule has 1 aromatic rings. The van der Waals surface area contributed by atoms with Gasteiger partial charge in [-0.3, -0.25) is 9.69 Å². The van der Waals surface area contributed by atoms with Crippen LogP contribution in [0.2, 0.25) is 0 Å². The monoisotopic (exact) mass is 261 g/mol. The van der Waals surface area contributed by atoms with Crippen LogP contribution < -0.4 is 4.90 Å². The minimum Gasteiger partial charge on any atom is -0.334 e. The number of thioether (sulfide) groups is 1. The van der Waals surface area contributed by atoms with Crippen molar-refractivity contribution in [3.05, 3.63) is 29.3 Å². The maximum atomic E-state index is 11.7. The fourth-order valence-corrected chi connectivity index (χ4v) is 2.98. The lowest BCUT2D eigenvalue weighted by atomic mass is 10.1. The molecule has 4 nitrogen and oxygen atoms in total. The molecule has 0 radical (unpaired) electrons. The second-order valence-electron chi connectivity index (χ2n) is 4.64. The lowest BCUT2D eigenvalue weighted by Gasteiger charge is -2.32. The van der Waals surface area contributed by atoms with Crippen molar-refractivity contribution in [2.45, 2.75) is 13.8 Å². The highest BCUT2D eigenvalue weighted by Crippen LogP contribution is 2.26. The number of amides is 1. The lowest BCUT2D eigenvalue weighted by Crippen LogP contribution is -2.45. The Bertz CT molecular complexity index is 541. The molecule has 0 atom stereocenters. The molecule has 2 heterocycles. The molecule has 2 aliphatic rings. The van der Waals surface area contributed by atoms with Crippen molar-refractivity contribution in [3.63, 3.8) is 0 Å². The number of aryl methyl sites for hydroxylation is 2. The van der Waals surface area contributed by atoms with Crippen LogP contribution in [0.5, 0.6) is 0 Å². The molecule has 0 aromatic heterocycles. The van der Waals surface area contributed by atoms with Crippen LogP contribution in [0.3, 0.4) is 0 Å². The minimum atomic E-state index is 0.160. The van der Waals surface area contributed by atoms with E-state index in [0.29, 0.717) is 19.1 Å². The molecule has 5 heteroatoms. The van der Waals surface area contributed by atoms with E-state index in [1.165, 1.54) is 22.9 Å². The number of nitrogens with zero attached hydrogens (tertiary/aromatic N) is 3. The molecule has 1 saturated heterocycles. The minimum absolute atomic E-state index is 0.160. The number of amidine groups is 1. The molecule has 1 fully saturated rings. The summed E-state index contributed by atoms with van der Waals surface area (Å²) in [5.41, 5.74) is 3.68. The SMILES string of the molecule is Cc1ccc(N2CN=C3SCC(=O)N3C2)cc1C. The number of hydrogen-bond acceptors (Lipinski definition) is 4. The summed E-state index contributed by atoms with van der Waals surface area (Å²) in [6.45, 7) is 5.46. The summed E-state index contributed by atoms with van der Waals surface area (Å²) < 4.78 is 0. The van der Waals surface area contributed by atoms with Gasteiger partial charge in [0.05, 0.1) is 5.75 Å². The highest BCUT2D eigenvalue weighted by molar-refractivity contribution is 8.15. The molecular weight excluding hydrogens is 246 g/mol. The molecule has 0 saturated carbocycles. The van der Waals surface area contributed by atoms with Crippen molar-refractivity contribution in [1.82, 2.24) is 4.90 Å². The first-order chi connectivity index (χ1) is 8.65. The van der Waals surface area contributed by atoms with Crippen LogP contribution in [0, 0.1) is 13.8 Å². The van der Waals surface area contributed by atoms with E-state index in [9.17, 15) is 4.79 Å². The van der Waals surface area contributed by atoms with Gasteiger partial charge in [-0.1, -0.05) is 17.8 Å². The first-order valence-corrected chi connectivity index (χ1v) is 6.93. The second kappa shape index (κ2) is 4.31. The Kier molecular flexibility index (Phi) is 2.78. The number of hydrogen-bond donors (Lipinski definition) is 0. The normalized spacial score (nSPS) is 19.0. The van der Waals surface area contributed by atoms with Gasteiger partial charge in [0.25, 0.3) is 0 Å². The molecule has 0 aliphatic carbocycles. The van der Waals surface area contributed by atoms with Gasteiger partial charge in [-0.25, -0.2) is 4.99 Å². The number of carbonyl (C=O) groups excluding carboxylic acids is 1. The van der Waals surface area contributed by atoms with E-state index in [1.54, 1.807) is 4.90 Å². The topological polar surface area (TPSA) is 35.9 Å². The van der Waals surface area contributed by atoms with Crippen LogP contribution in [0.15, 0.2) is 23.2 Å². The Morgan fingerprint density at radius 2 is 2.11 bits per heavy atom. The average Bonchev–Trinajstić information content (AvgIpc) is 2.74. The highest BCUT2D eigenvalue weighted by atomic mass is 32.2. The molecule has 94 valence electrons. The zero-order valence-electron chi connectivity index (χ0n) is 10.5. The maximum absolute atomic E-state index is 11.7. The third kappa shape index (κ3) is 1.88. The van der Waals surface area contributed by atoms with Gasteiger partial charge in [0.2, 0.25) is 5.91 Å². The number of carbonyl (C=O) groups is 1. The summed E-state index contributed by atoms with van der Waals surface area (Å²) in [7, 11) is 0. The fourth-order valence-electron chi connectivity index (χ4n) is 2.11. The van der Waals surface area contributed by atoms with Crippen molar-refractivity contribution < 1.29 is 4.79 Å². The zero-order valence-corrected chi connectivity index (χ0v) is 11.3. The van der Waals surface area contributed by atoms with Crippen molar-refractivity contribution in [1.29, 1.82) is 0 Å². The van der Waals surface area contributed by atoms with Gasteiger partial charge in [0.15, 0.2) is 5.17 Å². The van der Waals surface area contributed by atoms with E-state index < -0.39 is 0 Å². The highest BCUT2D eigenvalue weighted by Gasteiger charge is 2.32. The summed E-state index contributed by atoms with van der Waals surface area (Å²) in [5.74, 6) is 0.687. The van der Waals surface area contributed by atoms with Gasteiger partial charge in [0.1, 0.15) is 13.3 Å². The molecule has 1 amide bonds. The molecule has 0 N–H and O–H groups in total. The molecule has 0 unspecified atom stereocenters. The van der Waals surface area contributed by atoms with Crippen LogP contribution in [0.25, 0.3) is 0 Å². The third-order valence-electron chi connectivity index (χ3n) is 3.40. The standard InChI is InChI=1S/C13H15N3OS/c1-9-3-4-11(5-10(9)2)15-7-14-13-16(8-15)12(17)6-18-13/h3-5H,6-8H2,1-2H3. The predicted molar refractivity (Wildman–Crippen MR) is 74.9 cm³/mol. The third-order valence-corrected chi connectivity index (χ3v) is 4.40. The molecule has 0 spiro atoms. The molecule has 18 heavy (non-hydrogen) atoms. The largest absolute Gasteiger partial charge is 0.334 e. The van der Waals surface area contributed by atoms with Gasteiger partial charge >= 0.3 is 0 Å². The van der Waals surface area contributed by atoms with Gasteiger partial charge < -0.3 is 4.90 Å². The van der Waals surface area contributed by atoms with E-state index >= 15 is 0 Å². The summed E-state index contributed by atoms with van der Waals surface area (Å²) in [5, 5.41) is 0.875. The van der Waals surface area contributed by atoms with Gasteiger partial charge in [-0.15, -0.1) is 0 Å². The summed E-state index contributed by atoms with van der Waals surface area (Å²) in [6.07, 6.45) is 0. The first kappa shape index (κ1) is 11.6. The number of fused-ring (bicyclic) bond motifs is 1. The Morgan fingerprint density at radius 1 is 1.28 bits per heavy atom. The van der Waals surface area contributed by atoms with Crippen molar-refractivity contribution in [3.8, 4) is 0 Å². The van der Waals surface area contributed by atoms with Crippen LogP contribution in [0.4, 0.5) is 5.69 Å². The lowest BCUT2D eigenvalue weighted by molar-refractivity contribution is -0.124. The number of aliphatic imine (C=N–C) groups is 1. The van der Waals surface area contributed by atoms with Crippen molar-refractivity contribution in [2.75, 3.05) is 24.0 Å². The Morgan fingerprint density at radius 3 is 2.89 bits per heavy atom. The molecule has 3 rings (SSSR count). The number of rotatable bonds is 1. The average molecular weight is 261 g/mol. The number of benzene rings is 1. The Balaban J connectivity index is 1.86. The van der Waals surface area contributed by atoms with Crippen LogP contribution in [-0.4, -0.2) is 35.1 Å². The van der Waals surface area contributed by atoms with Crippen molar-refractivity contribution >= 4 is 28.5 Å². The van der Waals surface area contributed by atoms with Gasteiger partial charge in [0, 0.05) is 5.69 Å². The van der Waals surface area contributed by atoms with E-state index in [4.69, 9.17) is 0 Å². The molecule has 0 bridgehead atoms. The first-order valence-electron chi connectivity index (χ1n) is 5.95. The van der Waals surface area contributed by atoms with E-state index in [1.807, 2.05) is 0 Å². The predicted octanol–water partition coefficient (Wildman–Crippen LogP) is 1.97. The van der Waals surface area contributed by atoms with Crippen molar-refractivity contribution in [2.24, 2.45) is 4.99 Å². The van der Waals surface area contributed by atoms with Crippen LogP contribution in [0.1, 0.15) is 11.1 Å². The Labute approximate surface area is 111 Å². The summed E-state index contributed by atoms with van der Waals surface area (Å²) in [4.78, 5) is 20.1. The van der Waals surface area contributed by atoms with Crippen LogP contribution in [-0.2, 0) is 4.79 Å². The fraction of sp³-hybridized carbons (Fsp3) is 0.385. The quantitative estimate of drug-likeness (QED) is 0.775. The molecule has 2 aliphatic heterocycles. The van der Waals surface area contributed by atoms with E-state index in [-0.39, 0.29) is 5.91 Å². The van der Waals surface area contributed by atoms with Gasteiger partial charge in [-0.2, -0.15) is 0 Å². The van der Waals surface area contributed by atoms with Gasteiger partial charge in [-0.05, 0) is 37.1 Å². The maximum Gasteiger partial charge on any atom is 0.240 e. The smallest absolute Gasteiger partial charge is 0.240 e. The zero-order chi connectivity index (χ0) is 12.7. The van der Waals surface area contributed by atoms with E-state index in [0.717, 1.165) is 10.9 Å². The van der Waals surface area contributed by atoms with E-state index in [2.05, 4.69) is 41.9 Å². The molecular formula is C13H15N3OS. The van der Waals surface area contributed by atoms with Crippen LogP contribution >= 0.6 is 11.8 Å². The summed E-state index contributed by atoms with van der Waals surface area (Å²) >= 11 is 1.54. The number of anilines is 1.